The van der Waals surface area contributed by atoms with Gasteiger partial charge in [0.1, 0.15) is 23.2 Å². The maximum absolute atomic E-state index is 13.4. The summed E-state index contributed by atoms with van der Waals surface area (Å²) in [7, 11) is 3.27. The molecule has 2 aromatic heterocycles. The van der Waals surface area contributed by atoms with Crippen molar-refractivity contribution in [3.05, 3.63) is 77.0 Å². The minimum Gasteiger partial charge on any atom is -0.497 e. The van der Waals surface area contributed by atoms with Gasteiger partial charge in [-0.3, -0.25) is 14.3 Å². The number of nitrogens with zero attached hydrogens (tertiary/aromatic N) is 5. The first-order valence-corrected chi connectivity index (χ1v) is 12.1. The van der Waals surface area contributed by atoms with Crippen LogP contribution in [-0.4, -0.2) is 62.2 Å². The van der Waals surface area contributed by atoms with E-state index in [0.29, 0.717) is 23.9 Å². The zero-order valence-corrected chi connectivity index (χ0v) is 20.8. The fraction of sp³-hybridized carbons (Fsp3) is 0.370. The second-order valence-electron chi connectivity index (χ2n) is 9.35. The number of benzene rings is 2. The molecule has 1 aliphatic rings. The van der Waals surface area contributed by atoms with E-state index in [9.17, 15) is 9.90 Å². The minimum absolute atomic E-state index is 0.207. The zero-order valence-electron chi connectivity index (χ0n) is 20.8. The Kier molecular flexibility index (Phi) is 6.51. The summed E-state index contributed by atoms with van der Waals surface area (Å²) < 4.78 is 13.6. The summed E-state index contributed by atoms with van der Waals surface area (Å²) in [5, 5.41) is 16.3. The second-order valence-corrected chi connectivity index (χ2v) is 9.35. The molecule has 5 rings (SSSR count). The van der Waals surface area contributed by atoms with Crippen LogP contribution in [-0.2, 0) is 6.54 Å². The number of hydrogen-bond donors (Lipinski definition) is 1. The normalized spacial score (nSPS) is 16.7. The van der Waals surface area contributed by atoms with Crippen LogP contribution in [0.4, 0.5) is 0 Å². The van der Waals surface area contributed by atoms with E-state index >= 15 is 0 Å². The Morgan fingerprint density at radius 3 is 2.22 bits per heavy atom. The first kappa shape index (κ1) is 24.0. The molecule has 3 heterocycles. The van der Waals surface area contributed by atoms with Crippen molar-refractivity contribution in [1.82, 2.24) is 24.2 Å². The highest BCUT2D eigenvalue weighted by atomic mass is 16.5. The first-order chi connectivity index (χ1) is 17.4. The molecule has 0 radical (unpaired) electrons. The van der Waals surface area contributed by atoms with Gasteiger partial charge in [0.05, 0.1) is 37.7 Å². The standard InChI is InChI=1S/C27H31N5O4/c1-19(27(34)12-14-30(15-13-27)17-20-4-8-22(35-2)9-5-20)31-18-28-25-24(26(31)33)16-29-32(25)21-6-10-23(36-3)11-7-21/h4-11,16,18-19,34H,12-15,17H2,1-3H3. The summed E-state index contributed by atoms with van der Waals surface area (Å²) in [6.07, 6.45) is 4.21. The third-order valence-electron chi connectivity index (χ3n) is 7.31. The van der Waals surface area contributed by atoms with Crippen LogP contribution >= 0.6 is 0 Å². The molecule has 0 aliphatic carbocycles. The van der Waals surface area contributed by atoms with Crippen molar-refractivity contribution in [1.29, 1.82) is 0 Å². The highest BCUT2D eigenvalue weighted by molar-refractivity contribution is 5.75. The van der Waals surface area contributed by atoms with Crippen molar-refractivity contribution in [2.24, 2.45) is 0 Å². The number of aromatic nitrogens is 4. The lowest BCUT2D eigenvalue weighted by Crippen LogP contribution is -2.50. The van der Waals surface area contributed by atoms with E-state index in [0.717, 1.165) is 36.8 Å². The second kappa shape index (κ2) is 9.75. The van der Waals surface area contributed by atoms with Gasteiger partial charge in [-0.15, -0.1) is 0 Å². The highest BCUT2D eigenvalue weighted by Gasteiger charge is 2.39. The average Bonchev–Trinajstić information content (AvgIpc) is 3.35. The van der Waals surface area contributed by atoms with Gasteiger partial charge in [0, 0.05) is 19.6 Å². The van der Waals surface area contributed by atoms with E-state index in [2.05, 4.69) is 27.1 Å². The molecule has 36 heavy (non-hydrogen) atoms. The molecule has 0 bridgehead atoms. The number of methoxy groups -OCH3 is 2. The number of piperidine rings is 1. The molecule has 4 aromatic rings. The zero-order chi connectivity index (χ0) is 25.3. The van der Waals surface area contributed by atoms with Crippen molar-refractivity contribution in [3.63, 3.8) is 0 Å². The molecule has 1 atom stereocenters. The highest BCUT2D eigenvalue weighted by Crippen LogP contribution is 2.33. The lowest BCUT2D eigenvalue weighted by molar-refractivity contribution is -0.0589. The number of rotatable bonds is 7. The Morgan fingerprint density at radius 1 is 1.00 bits per heavy atom. The summed E-state index contributed by atoms with van der Waals surface area (Å²) in [5.41, 5.74) is 1.26. The van der Waals surface area contributed by atoms with Crippen LogP contribution in [0.3, 0.4) is 0 Å². The number of aliphatic hydroxyl groups is 1. The molecule has 1 unspecified atom stereocenters. The summed E-state index contributed by atoms with van der Waals surface area (Å²) in [4.78, 5) is 20.3. The smallest absolute Gasteiger partial charge is 0.264 e. The predicted octanol–water partition coefficient (Wildman–Crippen LogP) is 3.19. The maximum atomic E-state index is 13.4. The van der Waals surface area contributed by atoms with Crippen molar-refractivity contribution < 1.29 is 14.6 Å². The van der Waals surface area contributed by atoms with Crippen LogP contribution in [0, 0.1) is 0 Å². The fourth-order valence-corrected chi connectivity index (χ4v) is 4.88. The van der Waals surface area contributed by atoms with Gasteiger partial charge < -0.3 is 14.6 Å². The summed E-state index contributed by atoms with van der Waals surface area (Å²) in [5.74, 6) is 1.58. The van der Waals surface area contributed by atoms with Crippen LogP contribution in [0.2, 0.25) is 0 Å². The molecule has 1 saturated heterocycles. The third-order valence-corrected chi connectivity index (χ3v) is 7.31. The summed E-state index contributed by atoms with van der Waals surface area (Å²) in [6.45, 7) is 4.19. The van der Waals surface area contributed by atoms with Crippen LogP contribution in [0.5, 0.6) is 11.5 Å². The molecule has 9 heteroatoms. The van der Waals surface area contributed by atoms with E-state index in [1.165, 1.54) is 11.9 Å². The van der Waals surface area contributed by atoms with Gasteiger partial charge >= 0.3 is 0 Å². The van der Waals surface area contributed by atoms with Crippen molar-refractivity contribution in [2.45, 2.75) is 38.0 Å². The molecule has 0 saturated carbocycles. The van der Waals surface area contributed by atoms with Crippen molar-refractivity contribution in [2.75, 3.05) is 27.3 Å². The monoisotopic (exact) mass is 489 g/mol. The Morgan fingerprint density at radius 2 is 1.61 bits per heavy atom. The maximum Gasteiger partial charge on any atom is 0.264 e. The Balaban J connectivity index is 1.31. The molecule has 1 aliphatic heterocycles. The van der Waals surface area contributed by atoms with Gasteiger partial charge in [-0.1, -0.05) is 12.1 Å². The number of fused-ring (bicyclic) bond motifs is 1. The summed E-state index contributed by atoms with van der Waals surface area (Å²) in [6, 6.07) is 15.0. The largest absolute Gasteiger partial charge is 0.497 e. The topological polar surface area (TPSA) is 94.6 Å². The quantitative estimate of drug-likeness (QED) is 0.426. The number of hydrogen-bond acceptors (Lipinski definition) is 7. The molecule has 188 valence electrons. The molecular formula is C27H31N5O4. The van der Waals surface area contributed by atoms with Crippen molar-refractivity contribution >= 4 is 11.0 Å². The Hall–Kier alpha value is -3.69. The molecule has 0 amide bonds. The molecule has 9 nitrogen and oxygen atoms in total. The van der Waals surface area contributed by atoms with E-state index in [-0.39, 0.29) is 5.56 Å². The molecular weight excluding hydrogens is 458 g/mol. The molecule has 1 N–H and O–H groups in total. The number of ether oxygens (including phenoxy) is 2. The van der Waals surface area contributed by atoms with E-state index in [1.54, 1.807) is 29.7 Å². The van der Waals surface area contributed by atoms with Crippen LogP contribution in [0.15, 0.2) is 65.8 Å². The average molecular weight is 490 g/mol. The summed E-state index contributed by atoms with van der Waals surface area (Å²) >= 11 is 0. The van der Waals surface area contributed by atoms with Crippen LogP contribution < -0.4 is 15.0 Å². The van der Waals surface area contributed by atoms with Crippen LogP contribution in [0.1, 0.15) is 31.4 Å². The minimum atomic E-state index is -0.998. The van der Waals surface area contributed by atoms with Gasteiger partial charge in [-0.05, 0) is 61.7 Å². The first-order valence-electron chi connectivity index (χ1n) is 12.1. The predicted molar refractivity (Wildman–Crippen MR) is 137 cm³/mol. The Labute approximate surface area is 209 Å². The molecule has 0 spiro atoms. The van der Waals surface area contributed by atoms with Gasteiger partial charge in [0.15, 0.2) is 5.65 Å². The van der Waals surface area contributed by atoms with Crippen molar-refractivity contribution in [3.8, 4) is 17.2 Å². The molecule has 1 fully saturated rings. The van der Waals surface area contributed by atoms with Gasteiger partial charge in [0.25, 0.3) is 5.56 Å². The number of likely N-dealkylation sites (tertiary alicyclic amines) is 1. The molecule has 2 aromatic carbocycles. The lowest BCUT2D eigenvalue weighted by Gasteiger charge is -2.42. The van der Waals surface area contributed by atoms with Gasteiger partial charge in [-0.25, -0.2) is 9.67 Å². The Bertz CT molecular complexity index is 1390. The fourth-order valence-electron chi connectivity index (χ4n) is 4.88. The van der Waals surface area contributed by atoms with Gasteiger partial charge in [0.2, 0.25) is 0 Å². The SMILES string of the molecule is COc1ccc(CN2CCC(O)(C(C)n3cnc4c(cnn4-c4ccc(OC)cc4)c3=O)CC2)cc1. The lowest BCUT2D eigenvalue weighted by atomic mass is 9.84. The van der Waals surface area contributed by atoms with E-state index in [1.807, 2.05) is 43.3 Å². The van der Waals surface area contributed by atoms with E-state index in [4.69, 9.17) is 9.47 Å². The third kappa shape index (κ3) is 4.47. The van der Waals surface area contributed by atoms with Gasteiger partial charge in [-0.2, -0.15) is 5.10 Å². The van der Waals surface area contributed by atoms with E-state index < -0.39 is 11.6 Å². The van der Waals surface area contributed by atoms with Crippen LogP contribution in [0.25, 0.3) is 16.7 Å².